The molecule has 4 heterocycles. The summed E-state index contributed by atoms with van der Waals surface area (Å²) < 4.78 is 41.7. The number of carbonyl (C=O) groups excluding carboxylic acids is 1. The van der Waals surface area contributed by atoms with Gasteiger partial charge in [0.05, 0.1) is 5.69 Å². The van der Waals surface area contributed by atoms with Gasteiger partial charge >= 0.3 is 6.18 Å². The molecule has 1 aliphatic heterocycles. The molecule has 4 aromatic rings. The minimum Gasteiger partial charge on any atom is -0.372 e. The van der Waals surface area contributed by atoms with E-state index in [2.05, 4.69) is 30.5 Å². The summed E-state index contributed by atoms with van der Waals surface area (Å²) in [5.41, 5.74) is 0.959. The summed E-state index contributed by atoms with van der Waals surface area (Å²) in [7, 11) is 0. The van der Waals surface area contributed by atoms with E-state index < -0.39 is 11.9 Å². The number of nitrogens with one attached hydrogen (secondary N) is 1. The summed E-state index contributed by atoms with van der Waals surface area (Å²) >= 11 is 0. The molecule has 35 heavy (non-hydrogen) atoms. The summed E-state index contributed by atoms with van der Waals surface area (Å²) in [6.07, 6.45) is 0.521. The van der Waals surface area contributed by atoms with Crippen LogP contribution in [-0.4, -0.2) is 44.0 Å². The third kappa shape index (κ3) is 4.84. The lowest BCUT2D eigenvalue weighted by Crippen LogP contribution is -2.19. The molecule has 1 amide bonds. The Balaban J connectivity index is 1.37. The molecule has 0 radical (unpaired) electrons. The molecule has 0 spiro atoms. The Morgan fingerprint density at radius 2 is 1.80 bits per heavy atom. The SMILES string of the molecule is O=C(Nc1ccc(-n2nc(-c3cccnc3)cc2C(F)(F)F)nn1)c1cccc(N2CCCC2)c1. The van der Waals surface area contributed by atoms with E-state index in [0.29, 0.717) is 15.8 Å². The van der Waals surface area contributed by atoms with Crippen LogP contribution in [0.15, 0.2) is 67.0 Å². The van der Waals surface area contributed by atoms with Gasteiger partial charge in [-0.2, -0.15) is 18.3 Å². The van der Waals surface area contributed by atoms with Crippen molar-refractivity contribution < 1.29 is 18.0 Å². The van der Waals surface area contributed by atoms with Gasteiger partial charge in [0.25, 0.3) is 5.91 Å². The number of aromatic nitrogens is 5. The second kappa shape index (κ2) is 9.16. The summed E-state index contributed by atoms with van der Waals surface area (Å²) in [6, 6.07) is 14.1. The molecule has 8 nitrogen and oxygen atoms in total. The zero-order chi connectivity index (χ0) is 24.4. The standard InChI is InChI=1S/C24H20F3N7O/c25-24(26,27)20-14-19(17-6-4-10-28-15-17)32-34(20)22-9-8-21(30-31-22)29-23(35)16-5-3-7-18(13-16)33-11-1-2-12-33/h3-10,13-15H,1-2,11-12H2,(H,29,30,35). The number of hydrogen-bond acceptors (Lipinski definition) is 6. The maximum atomic E-state index is 13.7. The highest BCUT2D eigenvalue weighted by molar-refractivity contribution is 6.04. The maximum absolute atomic E-state index is 13.7. The smallest absolute Gasteiger partial charge is 0.372 e. The van der Waals surface area contributed by atoms with Crippen molar-refractivity contribution in [3.05, 3.63) is 78.2 Å². The van der Waals surface area contributed by atoms with Crippen LogP contribution in [0.5, 0.6) is 0 Å². The van der Waals surface area contributed by atoms with Gasteiger partial charge in [-0.3, -0.25) is 9.78 Å². The van der Waals surface area contributed by atoms with Crippen LogP contribution in [0.25, 0.3) is 17.1 Å². The highest BCUT2D eigenvalue weighted by atomic mass is 19.4. The predicted octanol–water partition coefficient (Wildman–Crippen LogP) is 4.60. The van der Waals surface area contributed by atoms with Crippen molar-refractivity contribution in [2.45, 2.75) is 19.0 Å². The Labute approximate surface area is 198 Å². The van der Waals surface area contributed by atoms with Gasteiger partial charge in [-0.05, 0) is 61.4 Å². The van der Waals surface area contributed by atoms with E-state index >= 15 is 0 Å². The summed E-state index contributed by atoms with van der Waals surface area (Å²) in [5, 5.41) is 14.5. The molecule has 1 saturated heterocycles. The average Bonchev–Trinajstić information content (AvgIpc) is 3.56. The van der Waals surface area contributed by atoms with Crippen LogP contribution in [0, 0.1) is 0 Å². The third-order valence-electron chi connectivity index (χ3n) is 5.65. The van der Waals surface area contributed by atoms with E-state index in [9.17, 15) is 18.0 Å². The van der Waals surface area contributed by atoms with Crippen LogP contribution in [-0.2, 0) is 6.18 Å². The highest BCUT2D eigenvalue weighted by Crippen LogP contribution is 2.33. The molecule has 3 aromatic heterocycles. The number of carbonyl (C=O) groups is 1. The van der Waals surface area contributed by atoms with Crippen LogP contribution in [0.3, 0.4) is 0 Å². The summed E-state index contributed by atoms with van der Waals surface area (Å²) in [4.78, 5) is 18.9. The fourth-order valence-corrected chi connectivity index (χ4v) is 3.93. The van der Waals surface area contributed by atoms with E-state index in [-0.39, 0.29) is 23.2 Å². The fourth-order valence-electron chi connectivity index (χ4n) is 3.93. The van der Waals surface area contributed by atoms with Crippen LogP contribution in [0.2, 0.25) is 0 Å². The quantitative estimate of drug-likeness (QED) is 0.450. The molecule has 1 aliphatic rings. The minimum atomic E-state index is -4.66. The average molecular weight is 479 g/mol. The van der Waals surface area contributed by atoms with Gasteiger partial charge in [-0.25, -0.2) is 4.68 Å². The predicted molar refractivity (Wildman–Crippen MR) is 123 cm³/mol. The second-order valence-corrected chi connectivity index (χ2v) is 8.04. The van der Waals surface area contributed by atoms with Gasteiger partial charge < -0.3 is 10.2 Å². The lowest BCUT2D eigenvalue weighted by Gasteiger charge is -2.18. The lowest BCUT2D eigenvalue weighted by molar-refractivity contribution is -0.142. The molecule has 0 unspecified atom stereocenters. The van der Waals surface area contributed by atoms with Crippen LogP contribution in [0.1, 0.15) is 28.9 Å². The van der Waals surface area contributed by atoms with Crippen molar-refractivity contribution in [1.29, 1.82) is 0 Å². The Hall–Kier alpha value is -4.28. The van der Waals surface area contributed by atoms with Gasteiger partial charge in [0.1, 0.15) is 0 Å². The van der Waals surface area contributed by atoms with E-state index in [0.717, 1.165) is 37.7 Å². The molecule has 178 valence electrons. The third-order valence-corrected chi connectivity index (χ3v) is 5.65. The first-order chi connectivity index (χ1) is 16.9. The number of halogens is 3. The van der Waals surface area contributed by atoms with Crippen molar-refractivity contribution in [3.63, 3.8) is 0 Å². The second-order valence-electron chi connectivity index (χ2n) is 8.04. The van der Waals surface area contributed by atoms with Crippen LogP contribution < -0.4 is 10.2 Å². The Morgan fingerprint density at radius 3 is 2.49 bits per heavy atom. The van der Waals surface area contributed by atoms with Gasteiger partial charge in [-0.15, -0.1) is 10.2 Å². The number of alkyl halides is 3. The molecule has 0 aliphatic carbocycles. The first-order valence-electron chi connectivity index (χ1n) is 11.0. The first-order valence-corrected chi connectivity index (χ1v) is 11.0. The molecule has 1 fully saturated rings. The molecule has 0 atom stereocenters. The fraction of sp³-hybridized carbons (Fsp3) is 0.208. The lowest BCUT2D eigenvalue weighted by atomic mass is 10.1. The van der Waals surface area contributed by atoms with Crippen molar-refractivity contribution in [2.24, 2.45) is 0 Å². The molecule has 1 aromatic carbocycles. The van der Waals surface area contributed by atoms with E-state index in [1.807, 2.05) is 18.2 Å². The Bertz CT molecular complexity index is 1330. The highest BCUT2D eigenvalue weighted by Gasteiger charge is 2.37. The topological polar surface area (TPSA) is 88.8 Å². The molecule has 0 bridgehead atoms. The molecular weight excluding hydrogens is 459 g/mol. The summed E-state index contributed by atoms with van der Waals surface area (Å²) in [6.45, 7) is 1.90. The van der Waals surface area contributed by atoms with Gasteiger partial charge in [0, 0.05) is 42.3 Å². The molecule has 1 N–H and O–H groups in total. The zero-order valence-electron chi connectivity index (χ0n) is 18.4. The van der Waals surface area contributed by atoms with E-state index in [1.165, 1.54) is 24.5 Å². The number of anilines is 2. The number of hydrogen-bond donors (Lipinski definition) is 1. The van der Waals surface area contributed by atoms with Crippen LogP contribution >= 0.6 is 0 Å². The number of benzene rings is 1. The zero-order valence-corrected chi connectivity index (χ0v) is 18.4. The van der Waals surface area contributed by atoms with Crippen molar-refractivity contribution in [2.75, 3.05) is 23.3 Å². The number of nitrogens with zero attached hydrogens (tertiary/aromatic N) is 6. The van der Waals surface area contributed by atoms with Gasteiger partial charge in [0.15, 0.2) is 17.3 Å². The largest absolute Gasteiger partial charge is 0.433 e. The van der Waals surface area contributed by atoms with Crippen LogP contribution in [0.4, 0.5) is 24.7 Å². The molecular formula is C24H20F3N7O. The number of pyridine rings is 1. The molecule has 0 saturated carbocycles. The summed E-state index contributed by atoms with van der Waals surface area (Å²) in [5.74, 6) is -0.415. The van der Waals surface area contributed by atoms with Gasteiger partial charge in [-0.1, -0.05) is 6.07 Å². The van der Waals surface area contributed by atoms with E-state index in [4.69, 9.17) is 0 Å². The Kier molecular flexibility index (Phi) is 5.89. The van der Waals surface area contributed by atoms with E-state index in [1.54, 1.807) is 18.2 Å². The molecule has 11 heteroatoms. The first kappa shape index (κ1) is 22.5. The number of rotatable bonds is 5. The van der Waals surface area contributed by atoms with Crippen molar-refractivity contribution in [3.8, 4) is 17.1 Å². The van der Waals surface area contributed by atoms with Gasteiger partial charge in [0.2, 0.25) is 0 Å². The number of amides is 1. The monoisotopic (exact) mass is 479 g/mol. The minimum absolute atomic E-state index is 0.0995. The molecule has 5 rings (SSSR count). The Morgan fingerprint density at radius 1 is 0.971 bits per heavy atom. The maximum Gasteiger partial charge on any atom is 0.433 e. The van der Waals surface area contributed by atoms with Crippen molar-refractivity contribution >= 4 is 17.4 Å². The van der Waals surface area contributed by atoms with Crippen molar-refractivity contribution in [1.82, 2.24) is 25.0 Å². The normalized spacial score (nSPS) is 13.7.